The molecule has 1 aromatic rings. The van der Waals surface area contributed by atoms with Crippen LogP contribution in [-0.2, 0) is 9.53 Å². The Labute approximate surface area is 145 Å². The van der Waals surface area contributed by atoms with Gasteiger partial charge >= 0.3 is 5.97 Å². The molecular weight excluding hydrogens is 310 g/mol. The maximum Gasteiger partial charge on any atom is 0.328 e. The second-order valence-electron chi connectivity index (χ2n) is 7.17. The van der Waals surface area contributed by atoms with Crippen molar-refractivity contribution in [1.29, 1.82) is 0 Å². The lowest BCUT2D eigenvalue weighted by atomic mass is 9.78. The van der Waals surface area contributed by atoms with Crippen LogP contribution in [0, 0.1) is 0 Å². The molecule has 1 aliphatic rings. The molecule has 2 atom stereocenters. The number of methoxy groups -OCH3 is 1. The van der Waals surface area contributed by atoms with Gasteiger partial charge in [-0.25, -0.2) is 4.79 Å². The summed E-state index contributed by atoms with van der Waals surface area (Å²) in [6.07, 6.45) is 3.86. The summed E-state index contributed by atoms with van der Waals surface area (Å²) in [5, 5.41) is 0.749. The molecule has 0 aromatic heterocycles. The summed E-state index contributed by atoms with van der Waals surface area (Å²) < 4.78 is 5.11. The number of anilines is 1. The molecule has 0 bridgehead atoms. The Bertz CT molecular complexity index is 570. The van der Waals surface area contributed by atoms with Crippen LogP contribution in [0.2, 0.25) is 5.02 Å². The first-order valence-corrected chi connectivity index (χ1v) is 8.86. The lowest BCUT2D eigenvalue weighted by molar-refractivity contribution is -0.142. The minimum absolute atomic E-state index is 0.104. The molecule has 23 heavy (non-hydrogen) atoms. The number of carbonyl (C=O) groups is 1. The van der Waals surface area contributed by atoms with Crippen molar-refractivity contribution in [3.63, 3.8) is 0 Å². The van der Waals surface area contributed by atoms with Crippen molar-refractivity contribution in [3.8, 4) is 0 Å². The molecule has 0 aliphatic carbocycles. The normalized spacial score (nSPS) is 20.8. The van der Waals surface area contributed by atoms with Gasteiger partial charge in [0.1, 0.15) is 6.04 Å². The number of fused-ring (bicyclic) bond motifs is 1. The summed E-state index contributed by atoms with van der Waals surface area (Å²) in [6, 6.07) is 5.76. The van der Waals surface area contributed by atoms with E-state index < -0.39 is 0 Å². The summed E-state index contributed by atoms with van der Waals surface area (Å²) in [7, 11) is 1.48. The Kier molecular flexibility index (Phi) is 5.61. The number of nitrogens with zero attached hydrogens (tertiary/aromatic N) is 1. The maximum absolute atomic E-state index is 12.5. The number of hydrogen-bond acceptors (Lipinski definition) is 3. The molecule has 128 valence electrons. The molecule has 0 spiro atoms. The molecule has 0 saturated heterocycles. The molecule has 0 fully saturated rings. The van der Waals surface area contributed by atoms with E-state index in [0.717, 1.165) is 36.4 Å². The lowest BCUT2D eigenvalue weighted by Crippen LogP contribution is -2.56. The van der Waals surface area contributed by atoms with Crippen LogP contribution in [0.5, 0.6) is 0 Å². The number of hydrogen-bond donors (Lipinski definition) is 0. The average molecular weight is 338 g/mol. The van der Waals surface area contributed by atoms with E-state index in [9.17, 15) is 4.79 Å². The van der Waals surface area contributed by atoms with Gasteiger partial charge in [-0.05, 0) is 56.4 Å². The van der Waals surface area contributed by atoms with E-state index in [1.165, 1.54) is 12.7 Å². The SMILES string of the molecule is CCCC[C@H](C(=O)OC)N1c2ccc(Cl)cc2[C@@H](C)CC1(C)C. The topological polar surface area (TPSA) is 29.5 Å². The maximum atomic E-state index is 12.5. The molecule has 0 N–H and O–H groups in total. The summed E-state index contributed by atoms with van der Waals surface area (Å²) in [4.78, 5) is 14.7. The predicted octanol–water partition coefficient (Wildman–Crippen LogP) is 5.16. The van der Waals surface area contributed by atoms with Crippen LogP contribution in [0.1, 0.15) is 64.9 Å². The standard InChI is InChI=1S/C19H28ClNO2/c1-6-7-8-17(18(22)23-5)21-16-10-9-14(20)11-15(16)13(2)12-19(21,3)4/h9-11,13,17H,6-8,12H2,1-5H3/t13-,17+/m0/s1. The number of benzene rings is 1. The zero-order chi connectivity index (χ0) is 17.2. The molecule has 1 heterocycles. The minimum atomic E-state index is -0.248. The zero-order valence-corrected chi connectivity index (χ0v) is 15.6. The first kappa shape index (κ1) is 18.1. The van der Waals surface area contributed by atoms with Crippen LogP contribution >= 0.6 is 11.6 Å². The molecule has 0 amide bonds. The Balaban J connectivity index is 2.52. The van der Waals surface area contributed by atoms with Gasteiger partial charge in [0.05, 0.1) is 7.11 Å². The first-order chi connectivity index (χ1) is 10.8. The van der Waals surface area contributed by atoms with Crippen molar-refractivity contribution in [2.24, 2.45) is 0 Å². The first-order valence-electron chi connectivity index (χ1n) is 8.48. The van der Waals surface area contributed by atoms with Gasteiger partial charge in [-0.15, -0.1) is 0 Å². The van der Waals surface area contributed by atoms with Gasteiger partial charge in [-0.2, -0.15) is 0 Å². The van der Waals surface area contributed by atoms with Gasteiger partial charge in [0, 0.05) is 16.2 Å². The summed E-state index contributed by atoms with van der Waals surface area (Å²) in [5.41, 5.74) is 2.24. The highest BCUT2D eigenvalue weighted by Gasteiger charge is 2.42. The highest BCUT2D eigenvalue weighted by molar-refractivity contribution is 6.30. The molecule has 3 nitrogen and oxygen atoms in total. The van der Waals surface area contributed by atoms with Crippen LogP contribution in [0.4, 0.5) is 5.69 Å². The van der Waals surface area contributed by atoms with E-state index in [4.69, 9.17) is 16.3 Å². The summed E-state index contributed by atoms with van der Waals surface area (Å²) in [6.45, 7) is 8.80. The van der Waals surface area contributed by atoms with Crippen molar-refractivity contribution < 1.29 is 9.53 Å². The molecule has 0 saturated carbocycles. The van der Waals surface area contributed by atoms with E-state index in [1.54, 1.807) is 0 Å². The van der Waals surface area contributed by atoms with Crippen molar-refractivity contribution in [2.45, 2.75) is 70.9 Å². The molecular formula is C19H28ClNO2. The monoisotopic (exact) mass is 337 g/mol. The van der Waals surface area contributed by atoms with Crippen LogP contribution in [0.3, 0.4) is 0 Å². The van der Waals surface area contributed by atoms with E-state index in [2.05, 4.69) is 38.7 Å². The third-order valence-corrected chi connectivity index (χ3v) is 5.09. The largest absolute Gasteiger partial charge is 0.467 e. The fourth-order valence-electron chi connectivity index (χ4n) is 3.90. The van der Waals surface area contributed by atoms with E-state index in [1.807, 2.05) is 12.1 Å². The van der Waals surface area contributed by atoms with Crippen molar-refractivity contribution in [3.05, 3.63) is 28.8 Å². The highest BCUT2D eigenvalue weighted by atomic mass is 35.5. The van der Waals surface area contributed by atoms with Crippen molar-refractivity contribution in [1.82, 2.24) is 0 Å². The highest BCUT2D eigenvalue weighted by Crippen LogP contribution is 2.45. The Morgan fingerprint density at radius 1 is 1.48 bits per heavy atom. The fraction of sp³-hybridized carbons (Fsp3) is 0.632. The summed E-state index contributed by atoms with van der Waals surface area (Å²) in [5.74, 6) is 0.265. The fourth-order valence-corrected chi connectivity index (χ4v) is 4.08. The van der Waals surface area contributed by atoms with Crippen molar-refractivity contribution in [2.75, 3.05) is 12.0 Å². The Morgan fingerprint density at radius 2 is 2.17 bits per heavy atom. The molecule has 1 aliphatic heterocycles. The second-order valence-corrected chi connectivity index (χ2v) is 7.61. The van der Waals surface area contributed by atoms with Crippen LogP contribution in [0.15, 0.2) is 18.2 Å². The smallest absolute Gasteiger partial charge is 0.328 e. The average Bonchev–Trinajstić information content (AvgIpc) is 2.49. The lowest BCUT2D eigenvalue weighted by Gasteiger charge is -2.50. The molecule has 0 radical (unpaired) electrons. The number of unbranched alkanes of at least 4 members (excludes halogenated alkanes) is 1. The van der Waals surface area contributed by atoms with Crippen LogP contribution < -0.4 is 4.90 Å². The molecule has 0 unspecified atom stereocenters. The van der Waals surface area contributed by atoms with E-state index in [0.29, 0.717) is 5.92 Å². The molecule has 2 rings (SSSR count). The third kappa shape index (κ3) is 3.65. The minimum Gasteiger partial charge on any atom is -0.467 e. The van der Waals surface area contributed by atoms with Gasteiger partial charge in [0.2, 0.25) is 0 Å². The number of rotatable bonds is 5. The number of esters is 1. The number of halogens is 1. The van der Waals surface area contributed by atoms with Gasteiger partial charge in [-0.1, -0.05) is 38.3 Å². The molecule has 4 heteroatoms. The predicted molar refractivity (Wildman–Crippen MR) is 96.4 cm³/mol. The second kappa shape index (κ2) is 7.12. The quantitative estimate of drug-likeness (QED) is 0.695. The van der Waals surface area contributed by atoms with E-state index in [-0.39, 0.29) is 17.6 Å². The summed E-state index contributed by atoms with van der Waals surface area (Å²) >= 11 is 6.20. The van der Waals surface area contributed by atoms with Crippen molar-refractivity contribution >= 4 is 23.3 Å². The van der Waals surface area contributed by atoms with Gasteiger partial charge in [0.15, 0.2) is 0 Å². The van der Waals surface area contributed by atoms with Gasteiger partial charge in [0.25, 0.3) is 0 Å². The third-order valence-electron chi connectivity index (χ3n) is 4.85. The molecule has 1 aromatic carbocycles. The Hall–Kier alpha value is -1.22. The van der Waals surface area contributed by atoms with E-state index >= 15 is 0 Å². The van der Waals surface area contributed by atoms with Gasteiger partial charge < -0.3 is 9.64 Å². The number of ether oxygens (including phenoxy) is 1. The Morgan fingerprint density at radius 3 is 2.78 bits per heavy atom. The van der Waals surface area contributed by atoms with Crippen LogP contribution in [-0.4, -0.2) is 24.7 Å². The van der Waals surface area contributed by atoms with Gasteiger partial charge in [-0.3, -0.25) is 0 Å². The number of carbonyl (C=O) groups excluding carboxylic acids is 1. The van der Waals surface area contributed by atoms with Crippen LogP contribution in [0.25, 0.3) is 0 Å². The zero-order valence-electron chi connectivity index (χ0n) is 14.9.